The van der Waals surface area contributed by atoms with Crippen LogP contribution >= 0.6 is 0 Å². The van der Waals surface area contributed by atoms with E-state index in [1.807, 2.05) is 18.2 Å². The van der Waals surface area contributed by atoms with Gasteiger partial charge in [0.1, 0.15) is 6.26 Å². The van der Waals surface area contributed by atoms with Gasteiger partial charge in [0, 0.05) is 6.20 Å². The van der Waals surface area contributed by atoms with Gasteiger partial charge in [-0.15, -0.1) is 0 Å². The smallest absolute Gasteiger partial charge is 0.357 e. The lowest BCUT2D eigenvalue weighted by atomic mass is 10.2. The predicted molar refractivity (Wildman–Crippen MR) is 57.6 cm³/mol. The van der Waals surface area contributed by atoms with Crippen LogP contribution in [0, 0.1) is 0 Å². The van der Waals surface area contributed by atoms with Crippen LogP contribution in [0.4, 0.5) is 0 Å². The van der Waals surface area contributed by atoms with Gasteiger partial charge >= 0.3 is 5.97 Å². The van der Waals surface area contributed by atoms with Crippen LogP contribution in [-0.2, 0) is 0 Å². The molecule has 0 spiro atoms. The number of aromatic nitrogens is 3. The third-order valence-corrected chi connectivity index (χ3v) is 2.38. The Morgan fingerprint density at radius 1 is 1.41 bits per heavy atom. The van der Waals surface area contributed by atoms with Gasteiger partial charge in [-0.1, -0.05) is 6.07 Å². The van der Waals surface area contributed by atoms with Crippen LogP contribution in [0.3, 0.4) is 0 Å². The first-order chi connectivity index (χ1) is 8.25. The van der Waals surface area contributed by atoms with Gasteiger partial charge in [0.15, 0.2) is 5.69 Å². The summed E-state index contributed by atoms with van der Waals surface area (Å²) in [4.78, 5) is 14.6. The standard InChI is InChI=1S/C11H7N3O3/c15-11(16)8-6-17-10(13-8)7-5-12-14-4-2-1-3-9(7)14/h1-6H,(H,15,16). The minimum absolute atomic E-state index is 0.115. The van der Waals surface area contributed by atoms with Crippen LogP contribution in [0.2, 0.25) is 0 Å². The summed E-state index contributed by atoms with van der Waals surface area (Å²) in [6.07, 6.45) is 4.50. The summed E-state index contributed by atoms with van der Waals surface area (Å²) in [5, 5.41) is 12.9. The Kier molecular flexibility index (Phi) is 1.94. The second kappa shape index (κ2) is 3.44. The summed E-state index contributed by atoms with van der Waals surface area (Å²) < 4.78 is 6.80. The lowest BCUT2D eigenvalue weighted by Gasteiger charge is -1.92. The molecule has 1 N–H and O–H groups in total. The number of fused-ring (bicyclic) bond motifs is 1. The lowest BCUT2D eigenvalue weighted by molar-refractivity contribution is 0.0690. The molecule has 6 heteroatoms. The monoisotopic (exact) mass is 229 g/mol. The highest BCUT2D eigenvalue weighted by Gasteiger charge is 2.15. The SMILES string of the molecule is O=C(O)c1coc(-c2cnn3ccccc23)n1. The van der Waals surface area contributed by atoms with Crippen molar-refractivity contribution in [1.82, 2.24) is 14.6 Å². The molecule has 0 saturated heterocycles. The van der Waals surface area contributed by atoms with Gasteiger partial charge in [0.25, 0.3) is 0 Å². The van der Waals surface area contributed by atoms with Crippen LogP contribution in [0.5, 0.6) is 0 Å². The zero-order chi connectivity index (χ0) is 11.8. The summed E-state index contributed by atoms with van der Waals surface area (Å²) in [5.41, 5.74) is 1.36. The van der Waals surface area contributed by atoms with Crippen molar-refractivity contribution < 1.29 is 14.3 Å². The molecule has 0 aliphatic carbocycles. The average Bonchev–Trinajstić information content (AvgIpc) is 2.95. The van der Waals surface area contributed by atoms with Gasteiger partial charge in [-0.25, -0.2) is 14.3 Å². The molecule has 6 nitrogen and oxygen atoms in total. The van der Waals surface area contributed by atoms with E-state index in [0.29, 0.717) is 5.56 Å². The van der Waals surface area contributed by atoms with Gasteiger partial charge in [-0.3, -0.25) is 0 Å². The van der Waals surface area contributed by atoms with Crippen molar-refractivity contribution in [2.75, 3.05) is 0 Å². The first kappa shape index (κ1) is 9.59. The summed E-state index contributed by atoms with van der Waals surface area (Å²) in [6.45, 7) is 0. The summed E-state index contributed by atoms with van der Waals surface area (Å²) in [5.74, 6) is -0.861. The number of carboxylic acid groups (broad SMARTS) is 1. The highest BCUT2D eigenvalue weighted by molar-refractivity contribution is 5.86. The molecule has 3 aromatic rings. The maximum atomic E-state index is 10.7. The van der Waals surface area contributed by atoms with E-state index in [0.717, 1.165) is 11.8 Å². The molecule has 0 aliphatic rings. The van der Waals surface area contributed by atoms with Crippen molar-refractivity contribution in [3.05, 3.63) is 42.5 Å². The molecule has 0 atom stereocenters. The molecular weight excluding hydrogens is 222 g/mol. The molecule has 3 rings (SSSR count). The fourth-order valence-electron chi connectivity index (χ4n) is 1.59. The van der Waals surface area contributed by atoms with Crippen molar-refractivity contribution in [2.24, 2.45) is 0 Å². The third-order valence-electron chi connectivity index (χ3n) is 2.38. The molecule has 3 aromatic heterocycles. The van der Waals surface area contributed by atoms with Gasteiger partial charge in [-0.2, -0.15) is 5.10 Å². The fraction of sp³-hybridized carbons (Fsp3) is 0. The zero-order valence-corrected chi connectivity index (χ0v) is 8.57. The van der Waals surface area contributed by atoms with Crippen LogP contribution in [0.25, 0.3) is 17.0 Å². The van der Waals surface area contributed by atoms with E-state index in [2.05, 4.69) is 10.1 Å². The second-order valence-corrected chi connectivity index (χ2v) is 3.43. The van der Waals surface area contributed by atoms with Crippen molar-refractivity contribution in [3.63, 3.8) is 0 Å². The molecule has 0 aromatic carbocycles. The largest absolute Gasteiger partial charge is 0.476 e. The Morgan fingerprint density at radius 2 is 2.29 bits per heavy atom. The van der Waals surface area contributed by atoms with Gasteiger partial charge < -0.3 is 9.52 Å². The Bertz CT molecular complexity index is 699. The number of aromatic carboxylic acids is 1. The Hall–Kier alpha value is -2.63. The van der Waals surface area contributed by atoms with E-state index in [9.17, 15) is 4.79 Å². The van der Waals surface area contributed by atoms with Crippen molar-refractivity contribution in [3.8, 4) is 11.5 Å². The quantitative estimate of drug-likeness (QED) is 0.723. The number of nitrogens with zero attached hydrogens (tertiary/aromatic N) is 3. The minimum Gasteiger partial charge on any atom is -0.476 e. The molecule has 0 unspecified atom stereocenters. The Labute approximate surface area is 95.1 Å². The van der Waals surface area contributed by atoms with E-state index in [-0.39, 0.29) is 11.6 Å². The summed E-state index contributed by atoms with van der Waals surface area (Å²) in [7, 11) is 0. The van der Waals surface area contributed by atoms with E-state index < -0.39 is 5.97 Å². The number of carbonyl (C=O) groups is 1. The van der Waals surface area contributed by atoms with Crippen molar-refractivity contribution in [1.29, 1.82) is 0 Å². The highest BCUT2D eigenvalue weighted by atomic mass is 16.4. The van der Waals surface area contributed by atoms with Crippen LogP contribution in [-0.4, -0.2) is 25.7 Å². The minimum atomic E-state index is -1.11. The van der Waals surface area contributed by atoms with Gasteiger partial charge in [0.2, 0.25) is 5.89 Å². The highest BCUT2D eigenvalue weighted by Crippen LogP contribution is 2.23. The number of hydrogen-bond donors (Lipinski definition) is 1. The number of oxazole rings is 1. The zero-order valence-electron chi connectivity index (χ0n) is 8.57. The molecule has 0 saturated carbocycles. The summed E-state index contributed by atoms with van der Waals surface area (Å²) >= 11 is 0. The molecule has 84 valence electrons. The first-order valence-corrected chi connectivity index (χ1v) is 4.87. The molecule has 0 fully saturated rings. The number of hydrogen-bond acceptors (Lipinski definition) is 4. The number of pyridine rings is 1. The average molecular weight is 229 g/mol. The topological polar surface area (TPSA) is 80.6 Å². The van der Waals surface area contributed by atoms with Crippen molar-refractivity contribution >= 4 is 11.5 Å². The summed E-state index contributed by atoms with van der Waals surface area (Å²) in [6, 6.07) is 5.57. The van der Waals surface area contributed by atoms with E-state index in [4.69, 9.17) is 9.52 Å². The molecule has 17 heavy (non-hydrogen) atoms. The van der Waals surface area contributed by atoms with E-state index >= 15 is 0 Å². The normalized spacial score (nSPS) is 10.8. The van der Waals surface area contributed by atoms with E-state index in [1.54, 1.807) is 16.9 Å². The fourth-order valence-corrected chi connectivity index (χ4v) is 1.59. The van der Waals surface area contributed by atoms with Gasteiger partial charge in [0.05, 0.1) is 17.3 Å². The number of rotatable bonds is 2. The lowest BCUT2D eigenvalue weighted by Crippen LogP contribution is -1.95. The molecule has 0 bridgehead atoms. The molecular formula is C11H7N3O3. The first-order valence-electron chi connectivity index (χ1n) is 4.87. The molecule has 0 radical (unpaired) electrons. The molecule has 0 aliphatic heterocycles. The molecule has 0 amide bonds. The van der Waals surface area contributed by atoms with Crippen LogP contribution in [0.15, 0.2) is 41.3 Å². The Morgan fingerprint density at radius 3 is 3.06 bits per heavy atom. The maximum absolute atomic E-state index is 10.7. The number of carboxylic acids is 1. The third kappa shape index (κ3) is 1.46. The maximum Gasteiger partial charge on any atom is 0.357 e. The van der Waals surface area contributed by atoms with Gasteiger partial charge in [-0.05, 0) is 12.1 Å². The predicted octanol–water partition coefficient (Wildman–Crippen LogP) is 1.69. The van der Waals surface area contributed by atoms with Crippen LogP contribution < -0.4 is 0 Å². The van der Waals surface area contributed by atoms with Crippen LogP contribution in [0.1, 0.15) is 10.5 Å². The Balaban J connectivity index is 2.17. The molecule has 3 heterocycles. The second-order valence-electron chi connectivity index (χ2n) is 3.43. The van der Waals surface area contributed by atoms with E-state index in [1.165, 1.54) is 0 Å². The van der Waals surface area contributed by atoms with Crippen molar-refractivity contribution in [2.45, 2.75) is 0 Å².